The van der Waals surface area contributed by atoms with Gasteiger partial charge in [-0.15, -0.1) is 0 Å². The highest BCUT2D eigenvalue weighted by atomic mass is 19.4. The van der Waals surface area contributed by atoms with Crippen molar-refractivity contribution >= 4 is 11.9 Å². The predicted octanol–water partition coefficient (Wildman–Crippen LogP) is 5.35. The first-order chi connectivity index (χ1) is 15.3. The third kappa shape index (κ3) is 6.70. The van der Waals surface area contributed by atoms with E-state index in [0.29, 0.717) is 0 Å². The number of ether oxygens (including phenoxy) is 2. The number of hydrogen-bond donors (Lipinski definition) is 0. The summed E-state index contributed by atoms with van der Waals surface area (Å²) in [6, 6.07) is 22.2. The van der Waals surface area contributed by atoms with Gasteiger partial charge < -0.3 is 9.47 Å². The summed E-state index contributed by atoms with van der Waals surface area (Å²) in [7, 11) is 0. The number of alkyl halides is 3. The van der Waals surface area contributed by atoms with Crippen molar-refractivity contribution in [2.75, 3.05) is 0 Å². The molecule has 0 bridgehead atoms. The summed E-state index contributed by atoms with van der Waals surface area (Å²) in [6.45, 7) is -0.130. The quantitative estimate of drug-likeness (QED) is 0.349. The molecular weight excluding hydrogens is 421 g/mol. The summed E-state index contributed by atoms with van der Waals surface area (Å²) in [6.07, 6.45) is -4.81. The third-order valence-electron chi connectivity index (χ3n) is 4.71. The van der Waals surface area contributed by atoms with Crippen molar-refractivity contribution < 1.29 is 32.2 Å². The minimum absolute atomic E-state index is 0.0648. The summed E-state index contributed by atoms with van der Waals surface area (Å²) in [5.74, 6) is -3.11. The molecule has 0 saturated heterocycles. The molecule has 0 heterocycles. The minimum Gasteiger partial charge on any atom is -0.460 e. The lowest BCUT2D eigenvalue weighted by Gasteiger charge is -2.16. The Morgan fingerprint density at radius 2 is 1.16 bits per heavy atom. The molecule has 0 fully saturated rings. The van der Waals surface area contributed by atoms with Crippen molar-refractivity contribution in [3.05, 3.63) is 107 Å². The molecule has 0 saturated carbocycles. The van der Waals surface area contributed by atoms with Gasteiger partial charge >= 0.3 is 18.1 Å². The van der Waals surface area contributed by atoms with Gasteiger partial charge in [-0.25, -0.2) is 0 Å². The Hall–Kier alpha value is -3.61. The second kappa shape index (κ2) is 10.6. The summed E-state index contributed by atoms with van der Waals surface area (Å²) in [5.41, 5.74) is 0.759. The summed E-state index contributed by atoms with van der Waals surface area (Å²) < 4.78 is 49.7. The fourth-order valence-electron chi connectivity index (χ4n) is 3.03. The predicted molar refractivity (Wildman–Crippen MR) is 111 cm³/mol. The molecule has 7 heteroatoms. The molecule has 3 aromatic carbocycles. The SMILES string of the molecule is O=C(OCc1ccccc1)C(Cc1cccc(C(F)(F)F)c1)C(=O)OCc1ccccc1. The van der Waals surface area contributed by atoms with E-state index in [9.17, 15) is 22.8 Å². The van der Waals surface area contributed by atoms with E-state index in [-0.39, 0.29) is 25.2 Å². The monoisotopic (exact) mass is 442 g/mol. The smallest absolute Gasteiger partial charge is 0.416 e. The number of carbonyl (C=O) groups excluding carboxylic acids is 2. The van der Waals surface area contributed by atoms with Gasteiger partial charge in [0, 0.05) is 0 Å². The molecule has 0 radical (unpaired) electrons. The second-order valence-corrected chi connectivity index (χ2v) is 7.14. The van der Waals surface area contributed by atoms with E-state index in [0.717, 1.165) is 23.3 Å². The van der Waals surface area contributed by atoms with Gasteiger partial charge in [0.05, 0.1) is 5.56 Å². The number of esters is 2. The van der Waals surface area contributed by atoms with Crippen LogP contribution in [0.15, 0.2) is 84.9 Å². The molecule has 32 heavy (non-hydrogen) atoms. The fraction of sp³-hybridized carbons (Fsp3) is 0.200. The number of carbonyl (C=O) groups is 2. The van der Waals surface area contributed by atoms with Gasteiger partial charge in [0.25, 0.3) is 0 Å². The van der Waals surface area contributed by atoms with Gasteiger partial charge in [0.15, 0.2) is 5.92 Å². The van der Waals surface area contributed by atoms with Crippen molar-refractivity contribution in [2.24, 2.45) is 5.92 Å². The molecule has 0 spiro atoms. The van der Waals surface area contributed by atoms with Gasteiger partial charge in [-0.1, -0.05) is 78.9 Å². The van der Waals surface area contributed by atoms with Gasteiger partial charge in [-0.2, -0.15) is 13.2 Å². The summed E-state index contributed by atoms with van der Waals surface area (Å²) in [5, 5.41) is 0. The molecule has 0 amide bonds. The first-order valence-corrected chi connectivity index (χ1v) is 9.90. The van der Waals surface area contributed by atoms with Crippen molar-refractivity contribution in [3.63, 3.8) is 0 Å². The van der Waals surface area contributed by atoms with E-state index in [1.165, 1.54) is 12.1 Å². The highest BCUT2D eigenvalue weighted by molar-refractivity contribution is 5.95. The molecular formula is C25H21F3O4. The maximum Gasteiger partial charge on any atom is 0.416 e. The van der Waals surface area contributed by atoms with Gasteiger partial charge in [0.2, 0.25) is 0 Å². The van der Waals surface area contributed by atoms with Crippen LogP contribution in [0.1, 0.15) is 22.3 Å². The van der Waals surface area contributed by atoms with Gasteiger partial charge in [-0.05, 0) is 29.2 Å². The number of hydrogen-bond acceptors (Lipinski definition) is 4. The zero-order valence-electron chi connectivity index (χ0n) is 17.0. The van der Waals surface area contributed by atoms with Crippen LogP contribution in [0.2, 0.25) is 0 Å². The van der Waals surface area contributed by atoms with Crippen LogP contribution in [0.25, 0.3) is 0 Å². The minimum atomic E-state index is -4.53. The normalized spacial score (nSPS) is 11.2. The average molecular weight is 442 g/mol. The van der Waals surface area contributed by atoms with Gasteiger partial charge in [-0.3, -0.25) is 9.59 Å². The number of rotatable bonds is 8. The molecule has 3 rings (SSSR count). The van der Waals surface area contributed by atoms with E-state index >= 15 is 0 Å². The molecule has 4 nitrogen and oxygen atoms in total. The van der Waals surface area contributed by atoms with Crippen LogP contribution in [0, 0.1) is 5.92 Å². The van der Waals surface area contributed by atoms with Gasteiger partial charge in [0.1, 0.15) is 13.2 Å². The van der Waals surface area contributed by atoms with E-state index in [1.807, 2.05) is 12.1 Å². The fourth-order valence-corrected chi connectivity index (χ4v) is 3.03. The molecule has 0 aliphatic carbocycles. The zero-order chi connectivity index (χ0) is 23.0. The Morgan fingerprint density at radius 3 is 1.62 bits per heavy atom. The van der Waals surface area contributed by atoms with Crippen molar-refractivity contribution in [3.8, 4) is 0 Å². The lowest BCUT2D eigenvalue weighted by atomic mass is 9.98. The zero-order valence-corrected chi connectivity index (χ0v) is 17.0. The standard InChI is InChI=1S/C25H21F3O4/c26-25(27,28)21-13-7-12-20(14-21)15-22(23(29)31-16-18-8-3-1-4-9-18)24(30)32-17-19-10-5-2-6-11-19/h1-14,22H,15-17H2. The first-order valence-electron chi connectivity index (χ1n) is 9.90. The lowest BCUT2D eigenvalue weighted by molar-refractivity contribution is -0.163. The Labute approximate surface area is 183 Å². The van der Waals surface area contributed by atoms with Crippen LogP contribution in [-0.2, 0) is 44.9 Å². The van der Waals surface area contributed by atoms with Crippen LogP contribution < -0.4 is 0 Å². The maximum atomic E-state index is 13.1. The Balaban J connectivity index is 1.75. The molecule has 0 unspecified atom stereocenters. The number of halogens is 3. The Morgan fingerprint density at radius 1 is 0.688 bits per heavy atom. The highest BCUT2D eigenvalue weighted by Crippen LogP contribution is 2.30. The molecule has 0 atom stereocenters. The second-order valence-electron chi connectivity index (χ2n) is 7.14. The largest absolute Gasteiger partial charge is 0.460 e. The van der Waals surface area contributed by atoms with Crippen molar-refractivity contribution in [2.45, 2.75) is 25.8 Å². The molecule has 0 aliphatic heterocycles. The third-order valence-corrected chi connectivity index (χ3v) is 4.71. The molecule has 0 aromatic heterocycles. The van der Waals surface area contributed by atoms with Crippen molar-refractivity contribution in [1.82, 2.24) is 0 Å². The number of benzene rings is 3. The topological polar surface area (TPSA) is 52.6 Å². The lowest BCUT2D eigenvalue weighted by Crippen LogP contribution is -2.30. The Kier molecular flexibility index (Phi) is 7.65. The van der Waals surface area contributed by atoms with Crippen LogP contribution in [-0.4, -0.2) is 11.9 Å². The maximum absolute atomic E-state index is 13.1. The van der Waals surface area contributed by atoms with Crippen LogP contribution in [0.5, 0.6) is 0 Å². The van der Waals surface area contributed by atoms with E-state index < -0.39 is 29.6 Å². The highest BCUT2D eigenvalue weighted by Gasteiger charge is 2.33. The molecule has 0 aliphatic rings. The summed E-state index contributed by atoms with van der Waals surface area (Å²) >= 11 is 0. The molecule has 0 N–H and O–H groups in total. The van der Waals surface area contributed by atoms with E-state index in [4.69, 9.17) is 9.47 Å². The van der Waals surface area contributed by atoms with E-state index in [1.54, 1.807) is 48.5 Å². The van der Waals surface area contributed by atoms with Crippen molar-refractivity contribution in [1.29, 1.82) is 0 Å². The average Bonchev–Trinajstić information content (AvgIpc) is 2.80. The molecule has 166 valence electrons. The van der Waals surface area contributed by atoms with Crippen LogP contribution >= 0.6 is 0 Å². The Bertz CT molecular complexity index is 978. The van der Waals surface area contributed by atoms with Crippen LogP contribution in [0.3, 0.4) is 0 Å². The first kappa shape index (κ1) is 23.1. The summed E-state index contributed by atoms with van der Waals surface area (Å²) in [4.78, 5) is 25.4. The molecule has 3 aromatic rings. The van der Waals surface area contributed by atoms with E-state index in [2.05, 4.69) is 0 Å². The van der Waals surface area contributed by atoms with Crippen LogP contribution in [0.4, 0.5) is 13.2 Å².